The molecule has 0 radical (unpaired) electrons. The number of rotatable bonds is 3. The molecule has 1 aliphatic rings. The van der Waals surface area contributed by atoms with Gasteiger partial charge in [0.2, 0.25) is 0 Å². The van der Waals surface area contributed by atoms with E-state index >= 15 is 0 Å². The van der Waals surface area contributed by atoms with Gasteiger partial charge in [0.15, 0.2) is 0 Å². The van der Waals surface area contributed by atoms with Gasteiger partial charge in [0.1, 0.15) is 0 Å². The molecule has 0 spiro atoms. The Bertz CT molecular complexity index is 418. The smallest absolute Gasteiger partial charge is 0.327 e. The maximum Gasteiger partial charge on any atom is 0.391 e. The Hall–Kier alpha value is -0.0700. The van der Waals surface area contributed by atoms with E-state index in [4.69, 9.17) is 5.73 Å². The molecule has 2 rings (SSSR count). The lowest BCUT2D eigenvalue weighted by molar-refractivity contribution is -0.186. The summed E-state index contributed by atoms with van der Waals surface area (Å²) in [6, 6.07) is 1.77. The van der Waals surface area contributed by atoms with Gasteiger partial charge in [-0.2, -0.15) is 13.2 Å². The Morgan fingerprint density at radius 2 is 2.16 bits per heavy atom. The molecule has 19 heavy (non-hydrogen) atoms. The molecular weight excluding hydrogens is 339 g/mol. The monoisotopic (exact) mass is 355 g/mol. The normalized spacial score (nSPS) is 26.4. The van der Waals surface area contributed by atoms with Crippen LogP contribution in [-0.4, -0.2) is 12.2 Å². The van der Waals surface area contributed by atoms with Gasteiger partial charge in [0.25, 0.3) is 0 Å². The number of hydrogen-bond donors (Lipinski definition) is 1. The Kier molecular flexibility index (Phi) is 4.95. The van der Waals surface area contributed by atoms with Crippen LogP contribution < -0.4 is 5.73 Å². The van der Waals surface area contributed by atoms with E-state index in [0.29, 0.717) is 12.8 Å². The predicted molar refractivity (Wildman–Crippen MR) is 75.2 cm³/mol. The zero-order valence-corrected chi connectivity index (χ0v) is 12.8. The molecule has 0 amide bonds. The fraction of sp³-hybridized carbons (Fsp3) is 0.692. The summed E-state index contributed by atoms with van der Waals surface area (Å²) in [6.45, 7) is 0. The van der Waals surface area contributed by atoms with Crippen LogP contribution in [0.4, 0.5) is 13.2 Å². The zero-order chi connectivity index (χ0) is 14.0. The van der Waals surface area contributed by atoms with Gasteiger partial charge >= 0.3 is 6.18 Å². The molecule has 1 fully saturated rings. The molecule has 1 aromatic rings. The molecule has 1 aromatic heterocycles. The number of hydrogen-bond acceptors (Lipinski definition) is 2. The molecule has 0 saturated heterocycles. The second-order valence-corrected chi connectivity index (χ2v) is 7.08. The number of thiophene rings is 1. The third-order valence-corrected chi connectivity index (χ3v) is 5.84. The van der Waals surface area contributed by atoms with Gasteiger partial charge in [0, 0.05) is 15.4 Å². The highest BCUT2D eigenvalue weighted by molar-refractivity contribution is 9.10. The summed E-state index contributed by atoms with van der Waals surface area (Å²) in [4.78, 5) is 1.13. The van der Waals surface area contributed by atoms with Crippen LogP contribution in [0.2, 0.25) is 0 Å². The molecule has 0 aromatic carbocycles. The van der Waals surface area contributed by atoms with Gasteiger partial charge in [-0.25, -0.2) is 0 Å². The molecule has 0 bridgehead atoms. The van der Waals surface area contributed by atoms with Crippen LogP contribution in [0.5, 0.6) is 0 Å². The maximum atomic E-state index is 12.8. The molecule has 1 aliphatic carbocycles. The fourth-order valence-corrected chi connectivity index (χ4v) is 4.35. The van der Waals surface area contributed by atoms with Crippen molar-refractivity contribution >= 4 is 27.3 Å². The van der Waals surface area contributed by atoms with Crippen molar-refractivity contribution in [2.75, 3.05) is 0 Å². The van der Waals surface area contributed by atoms with Crippen LogP contribution >= 0.6 is 27.3 Å². The Morgan fingerprint density at radius 3 is 2.74 bits per heavy atom. The topological polar surface area (TPSA) is 26.0 Å². The Balaban J connectivity index is 1.96. The summed E-state index contributed by atoms with van der Waals surface area (Å²) < 4.78 is 39.3. The summed E-state index contributed by atoms with van der Waals surface area (Å²) in [7, 11) is 0. The van der Waals surface area contributed by atoms with Gasteiger partial charge in [-0.3, -0.25) is 0 Å². The first kappa shape index (κ1) is 15.3. The van der Waals surface area contributed by atoms with Crippen molar-refractivity contribution in [3.05, 3.63) is 20.8 Å². The van der Waals surface area contributed by atoms with Crippen LogP contribution in [0.1, 0.15) is 30.6 Å². The molecule has 1 heterocycles. The lowest BCUT2D eigenvalue weighted by Crippen LogP contribution is -2.38. The van der Waals surface area contributed by atoms with Crippen molar-refractivity contribution in [1.29, 1.82) is 0 Å². The second kappa shape index (κ2) is 6.14. The van der Waals surface area contributed by atoms with Gasteiger partial charge in [-0.05, 0) is 59.0 Å². The van der Waals surface area contributed by atoms with Crippen molar-refractivity contribution in [3.8, 4) is 0 Å². The quantitative estimate of drug-likeness (QED) is 0.831. The maximum absolute atomic E-state index is 12.8. The molecule has 1 saturated carbocycles. The van der Waals surface area contributed by atoms with E-state index in [1.54, 1.807) is 11.3 Å². The highest BCUT2D eigenvalue weighted by Gasteiger charge is 2.43. The minimum atomic E-state index is -4.07. The summed E-state index contributed by atoms with van der Waals surface area (Å²) in [6.07, 6.45) is -1.51. The summed E-state index contributed by atoms with van der Waals surface area (Å²) in [5.74, 6) is -1.18. The molecular formula is C13H17BrF3NS. The van der Waals surface area contributed by atoms with Crippen molar-refractivity contribution in [2.24, 2.45) is 17.6 Å². The van der Waals surface area contributed by atoms with Gasteiger partial charge in [-0.15, -0.1) is 11.3 Å². The van der Waals surface area contributed by atoms with Crippen LogP contribution in [-0.2, 0) is 6.42 Å². The lowest BCUT2D eigenvalue weighted by Gasteiger charge is -2.33. The van der Waals surface area contributed by atoms with E-state index in [-0.39, 0.29) is 24.8 Å². The second-order valence-electron chi connectivity index (χ2n) is 5.22. The number of nitrogens with two attached hydrogens (primary N) is 1. The average Bonchev–Trinajstić information content (AvgIpc) is 2.74. The van der Waals surface area contributed by atoms with Crippen molar-refractivity contribution in [2.45, 2.75) is 44.3 Å². The third-order valence-electron chi connectivity index (χ3n) is 3.90. The molecule has 108 valence electrons. The van der Waals surface area contributed by atoms with E-state index < -0.39 is 12.1 Å². The first-order valence-electron chi connectivity index (χ1n) is 6.42. The van der Waals surface area contributed by atoms with E-state index in [1.165, 1.54) is 0 Å². The molecule has 3 atom stereocenters. The molecule has 0 aliphatic heterocycles. The molecule has 6 heteroatoms. The Labute approximate surface area is 123 Å². The molecule has 3 unspecified atom stereocenters. The highest BCUT2D eigenvalue weighted by atomic mass is 79.9. The molecule has 1 nitrogen and oxygen atoms in total. The van der Waals surface area contributed by atoms with Crippen LogP contribution in [0.25, 0.3) is 0 Å². The van der Waals surface area contributed by atoms with E-state index in [0.717, 1.165) is 15.8 Å². The zero-order valence-electron chi connectivity index (χ0n) is 10.4. The van der Waals surface area contributed by atoms with E-state index in [9.17, 15) is 13.2 Å². The van der Waals surface area contributed by atoms with Gasteiger partial charge in [-0.1, -0.05) is 6.42 Å². The minimum Gasteiger partial charge on any atom is -0.327 e. The first-order valence-corrected chi connectivity index (χ1v) is 8.09. The van der Waals surface area contributed by atoms with Crippen molar-refractivity contribution < 1.29 is 13.2 Å². The first-order chi connectivity index (χ1) is 8.88. The van der Waals surface area contributed by atoms with Crippen LogP contribution in [0, 0.1) is 11.8 Å². The van der Waals surface area contributed by atoms with Crippen LogP contribution in [0.15, 0.2) is 15.9 Å². The number of halogens is 4. The lowest BCUT2D eigenvalue weighted by atomic mass is 9.77. The minimum absolute atomic E-state index is 0.0191. The summed E-state index contributed by atoms with van der Waals surface area (Å²) in [5, 5.41) is 1.96. The summed E-state index contributed by atoms with van der Waals surface area (Å²) >= 11 is 5.04. The largest absolute Gasteiger partial charge is 0.391 e. The van der Waals surface area contributed by atoms with Crippen LogP contribution in [0.3, 0.4) is 0 Å². The van der Waals surface area contributed by atoms with Crippen molar-refractivity contribution in [1.82, 2.24) is 0 Å². The molecule has 2 N–H and O–H groups in total. The Morgan fingerprint density at radius 1 is 1.42 bits per heavy atom. The predicted octanol–water partition coefficient (Wildman–Crippen LogP) is 4.75. The SMILES string of the molecule is NC(Cc1sccc1Br)C1CCCC(C(F)(F)F)C1. The fourth-order valence-electron chi connectivity index (χ4n) is 2.77. The van der Waals surface area contributed by atoms with E-state index in [1.807, 2.05) is 11.4 Å². The third kappa shape index (κ3) is 3.95. The number of alkyl halides is 3. The summed E-state index contributed by atoms with van der Waals surface area (Å²) in [5.41, 5.74) is 6.13. The van der Waals surface area contributed by atoms with Crippen molar-refractivity contribution in [3.63, 3.8) is 0 Å². The van der Waals surface area contributed by atoms with Gasteiger partial charge in [0.05, 0.1) is 5.92 Å². The average molecular weight is 356 g/mol. The standard InChI is InChI=1S/C13H17BrF3NS/c14-10-4-5-19-12(10)7-11(18)8-2-1-3-9(6-8)13(15,16)17/h4-5,8-9,11H,1-3,6-7,18H2. The van der Waals surface area contributed by atoms with Gasteiger partial charge < -0.3 is 5.73 Å². The highest BCUT2D eigenvalue weighted by Crippen LogP contribution is 2.41. The van der Waals surface area contributed by atoms with E-state index in [2.05, 4.69) is 15.9 Å².